The van der Waals surface area contributed by atoms with Crippen LogP contribution >= 0.6 is 0 Å². The maximum Gasteiger partial charge on any atom is 1.00 e. The van der Waals surface area contributed by atoms with Gasteiger partial charge in [0.05, 0.1) is 5.56 Å². The molecule has 0 saturated heterocycles. The van der Waals surface area contributed by atoms with E-state index >= 15 is 0 Å². The van der Waals surface area contributed by atoms with E-state index in [0.717, 1.165) is 18.4 Å². The Hall–Kier alpha value is -1.31. The molecule has 0 aliphatic heterocycles. The molecular weight excluding hydrogens is 387 g/mol. The molecule has 0 aromatic heterocycles. The van der Waals surface area contributed by atoms with Gasteiger partial charge in [-0.2, -0.15) is 0 Å². The number of hydrogen-bond donors (Lipinski definition) is 2. The second-order valence-corrected chi connectivity index (χ2v) is 8.16. The van der Waals surface area contributed by atoms with Crippen molar-refractivity contribution in [1.82, 2.24) is 0 Å². The Morgan fingerprint density at radius 3 is 2.36 bits per heavy atom. The van der Waals surface area contributed by atoms with Gasteiger partial charge in [0.2, 0.25) is 0 Å². The number of phenols is 2. The van der Waals surface area contributed by atoms with Gasteiger partial charge in [-0.3, -0.25) is 0 Å². The van der Waals surface area contributed by atoms with Crippen LogP contribution in [0.15, 0.2) is 35.7 Å². The molecule has 0 fully saturated rings. The second kappa shape index (κ2) is 9.94. The summed E-state index contributed by atoms with van der Waals surface area (Å²) in [6.45, 7) is 9.50. The first-order valence-electron chi connectivity index (χ1n) is 8.88. The average Bonchev–Trinajstić information content (AvgIpc) is 2.53. The Morgan fingerprint density at radius 1 is 1.18 bits per heavy atom. The van der Waals surface area contributed by atoms with Gasteiger partial charge in [0.15, 0.2) is 0 Å². The van der Waals surface area contributed by atoms with Gasteiger partial charge < -0.3 is 14.8 Å². The van der Waals surface area contributed by atoms with Crippen molar-refractivity contribution >= 4 is 15.7 Å². The molecule has 0 spiro atoms. The number of rotatable bonds is 7. The van der Waals surface area contributed by atoms with Crippen LogP contribution < -0.4 is 29.6 Å². The predicted octanol–water partition coefficient (Wildman–Crippen LogP) is 1.75. The normalized spacial score (nSPS) is 11.1. The summed E-state index contributed by atoms with van der Waals surface area (Å²) in [6.07, 6.45) is 2.70. The van der Waals surface area contributed by atoms with Crippen LogP contribution in [-0.4, -0.2) is 23.2 Å². The maximum atomic E-state index is 11.9. The van der Waals surface area contributed by atoms with Crippen molar-refractivity contribution in [2.24, 2.45) is 0 Å². The van der Waals surface area contributed by atoms with E-state index < -0.39 is 20.8 Å². The van der Waals surface area contributed by atoms with Gasteiger partial charge in [0, 0.05) is 0 Å². The summed E-state index contributed by atoms with van der Waals surface area (Å²) < 4.78 is 35.6. The number of phenolic OH excluding ortho intramolecular Hbond substituents is 2. The fraction of sp³-hybridized carbons (Fsp3) is 0.333. The standard InChI is InChI=1S/C21H26O5S.Na/c1-5-6-7-8-15-12-18(22)19(20(23)21(15)27(24,25)26)17-11-14(4)9-10-16(17)13(2)3;/h9-12,22-23H,2,5-8H2,1,3-4H3,(H,24,25,26);/q;+1/p-1. The van der Waals surface area contributed by atoms with E-state index in [2.05, 4.69) is 6.58 Å². The first-order chi connectivity index (χ1) is 12.6. The van der Waals surface area contributed by atoms with Crippen LogP contribution in [0.5, 0.6) is 11.5 Å². The van der Waals surface area contributed by atoms with E-state index in [1.165, 1.54) is 6.07 Å². The molecule has 0 unspecified atom stereocenters. The number of aromatic hydroxyl groups is 2. The molecule has 2 N–H and O–H groups in total. The third kappa shape index (κ3) is 5.39. The minimum atomic E-state index is -4.93. The molecule has 0 saturated carbocycles. The molecule has 7 heteroatoms. The molecule has 2 aromatic carbocycles. The average molecular weight is 412 g/mol. The number of aryl methyl sites for hydroxylation is 2. The molecule has 0 bridgehead atoms. The zero-order chi connectivity index (χ0) is 20.4. The summed E-state index contributed by atoms with van der Waals surface area (Å²) in [6, 6.07) is 6.63. The third-order valence-electron chi connectivity index (χ3n) is 4.51. The predicted molar refractivity (Wildman–Crippen MR) is 106 cm³/mol. The Morgan fingerprint density at radius 2 is 1.82 bits per heavy atom. The van der Waals surface area contributed by atoms with Crippen molar-refractivity contribution in [3.63, 3.8) is 0 Å². The van der Waals surface area contributed by atoms with Crippen molar-refractivity contribution in [2.45, 2.75) is 51.3 Å². The second-order valence-electron chi connectivity index (χ2n) is 6.85. The number of unbranched alkanes of at least 4 members (excludes halogenated alkanes) is 2. The van der Waals surface area contributed by atoms with E-state index in [-0.39, 0.29) is 52.9 Å². The Balaban J connectivity index is 0.00000392. The number of hydrogen-bond acceptors (Lipinski definition) is 5. The summed E-state index contributed by atoms with van der Waals surface area (Å²) in [4.78, 5) is -0.652. The first kappa shape index (κ1) is 24.7. The van der Waals surface area contributed by atoms with Crippen molar-refractivity contribution in [2.75, 3.05) is 0 Å². The molecule has 0 amide bonds. The first-order valence-corrected chi connectivity index (χ1v) is 10.3. The fourth-order valence-electron chi connectivity index (χ4n) is 3.22. The molecule has 146 valence electrons. The van der Waals surface area contributed by atoms with Crippen LogP contribution in [0.2, 0.25) is 0 Å². The van der Waals surface area contributed by atoms with Crippen molar-refractivity contribution < 1.29 is 52.7 Å². The minimum Gasteiger partial charge on any atom is -0.744 e. The largest absolute Gasteiger partial charge is 1.00 e. The minimum absolute atomic E-state index is 0. The van der Waals surface area contributed by atoms with Gasteiger partial charge in [-0.15, -0.1) is 0 Å². The van der Waals surface area contributed by atoms with Crippen molar-refractivity contribution in [3.8, 4) is 22.6 Å². The van der Waals surface area contributed by atoms with E-state index in [4.69, 9.17) is 0 Å². The molecule has 28 heavy (non-hydrogen) atoms. The van der Waals surface area contributed by atoms with Crippen molar-refractivity contribution in [3.05, 3.63) is 47.5 Å². The number of allylic oxidation sites excluding steroid dienone is 1. The van der Waals surface area contributed by atoms with Gasteiger partial charge in [-0.1, -0.05) is 55.7 Å². The number of benzene rings is 2. The molecule has 0 radical (unpaired) electrons. The van der Waals surface area contributed by atoms with Gasteiger partial charge in [-0.05, 0) is 49.4 Å². The Labute approximate surface area is 189 Å². The molecule has 2 aromatic rings. The molecule has 0 aliphatic rings. The van der Waals surface area contributed by atoms with Gasteiger partial charge >= 0.3 is 29.6 Å². The van der Waals surface area contributed by atoms with E-state index in [9.17, 15) is 23.2 Å². The van der Waals surface area contributed by atoms with Crippen LogP contribution in [-0.2, 0) is 16.5 Å². The maximum absolute atomic E-state index is 11.9. The third-order valence-corrected chi connectivity index (χ3v) is 5.47. The zero-order valence-electron chi connectivity index (χ0n) is 16.9. The Bertz CT molecular complexity index is 981. The van der Waals surface area contributed by atoms with Crippen LogP contribution in [0, 0.1) is 6.92 Å². The van der Waals surface area contributed by atoms with Crippen LogP contribution in [0.3, 0.4) is 0 Å². The summed E-state index contributed by atoms with van der Waals surface area (Å²) in [7, 11) is -4.93. The zero-order valence-corrected chi connectivity index (χ0v) is 19.7. The van der Waals surface area contributed by atoms with Gasteiger partial charge in [-0.25, -0.2) is 8.42 Å². The quantitative estimate of drug-likeness (QED) is 0.410. The van der Waals surface area contributed by atoms with E-state index in [1.54, 1.807) is 19.1 Å². The van der Waals surface area contributed by atoms with Crippen molar-refractivity contribution in [1.29, 1.82) is 0 Å². The fourth-order valence-corrected chi connectivity index (χ4v) is 4.04. The van der Waals surface area contributed by atoms with Gasteiger partial charge in [0.25, 0.3) is 0 Å². The molecule has 5 nitrogen and oxygen atoms in total. The summed E-state index contributed by atoms with van der Waals surface area (Å²) in [5.41, 5.74) is 2.70. The summed E-state index contributed by atoms with van der Waals surface area (Å²) >= 11 is 0. The Kier molecular flexibility index (Phi) is 8.78. The van der Waals surface area contributed by atoms with Crippen LogP contribution in [0.25, 0.3) is 16.7 Å². The van der Waals surface area contributed by atoms with Gasteiger partial charge in [0.1, 0.15) is 26.5 Å². The topological polar surface area (TPSA) is 97.7 Å². The van der Waals surface area contributed by atoms with Crippen LogP contribution in [0.1, 0.15) is 49.8 Å². The molecular formula is C21H25NaO5S. The summed E-state index contributed by atoms with van der Waals surface area (Å²) in [5, 5.41) is 21.3. The van der Waals surface area contributed by atoms with E-state index in [1.807, 2.05) is 19.9 Å². The molecule has 0 heterocycles. The molecule has 0 atom stereocenters. The molecule has 0 aliphatic carbocycles. The van der Waals surface area contributed by atoms with Crippen LogP contribution in [0.4, 0.5) is 0 Å². The monoisotopic (exact) mass is 412 g/mol. The SMILES string of the molecule is C=C(C)c1ccc(C)cc1-c1c(O)cc(CCCCC)c(S(=O)(=O)[O-])c1O.[Na+]. The smallest absolute Gasteiger partial charge is 0.744 e. The van der Waals surface area contributed by atoms with E-state index in [0.29, 0.717) is 23.1 Å². The molecule has 2 rings (SSSR count). The summed E-state index contributed by atoms with van der Waals surface area (Å²) in [5.74, 6) is -0.968.